The van der Waals surface area contributed by atoms with Crippen molar-refractivity contribution in [2.45, 2.75) is 59.2 Å². The third-order valence-electron chi connectivity index (χ3n) is 4.16. The zero-order valence-corrected chi connectivity index (χ0v) is 18.9. The molecular formula is C17H31IN6O3. The summed E-state index contributed by atoms with van der Waals surface area (Å²) in [7, 11) is 0. The summed E-state index contributed by atoms with van der Waals surface area (Å²) in [5, 5.41) is 10.5. The Balaban J connectivity index is 0.00000364. The molecule has 10 heteroatoms. The van der Waals surface area contributed by atoms with E-state index >= 15 is 0 Å². The summed E-state index contributed by atoms with van der Waals surface area (Å²) in [5.74, 6) is 1.84. The predicted octanol–water partition coefficient (Wildman–Crippen LogP) is 1.85. The molecule has 2 unspecified atom stereocenters. The number of amides is 1. The fraction of sp³-hybridized carbons (Fsp3) is 0.765. The second-order valence-electron chi connectivity index (χ2n) is 6.16. The van der Waals surface area contributed by atoms with E-state index in [2.05, 4.69) is 25.8 Å². The molecule has 0 aliphatic carbocycles. The van der Waals surface area contributed by atoms with Crippen molar-refractivity contribution < 1.29 is 14.1 Å². The highest BCUT2D eigenvalue weighted by Gasteiger charge is 2.25. The number of carbonyl (C=O) groups excluding carboxylic acids is 1. The summed E-state index contributed by atoms with van der Waals surface area (Å²) in [6.45, 7) is 10.8. The predicted molar refractivity (Wildman–Crippen MR) is 113 cm³/mol. The van der Waals surface area contributed by atoms with E-state index in [0.717, 1.165) is 19.5 Å². The zero-order chi connectivity index (χ0) is 18.9. The van der Waals surface area contributed by atoms with Crippen molar-refractivity contribution in [2.75, 3.05) is 26.2 Å². The topological polar surface area (TPSA) is 105 Å². The first-order valence-electron chi connectivity index (χ1n) is 9.34. The Morgan fingerprint density at radius 2 is 2.22 bits per heavy atom. The van der Waals surface area contributed by atoms with Crippen molar-refractivity contribution >= 4 is 35.8 Å². The van der Waals surface area contributed by atoms with Crippen LogP contribution >= 0.6 is 24.0 Å². The molecule has 1 aromatic rings. The van der Waals surface area contributed by atoms with Crippen molar-refractivity contribution in [1.29, 1.82) is 0 Å². The smallest absolute Gasteiger partial charge is 0.248 e. The molecule has 27 heavy (non-hydrogen) atoms. The van der Waals surface area contributed by atoms with Gasteiger partial charge in [0.05, 0.1) is 0 Å². The highest BCUT2D eigenvalue weighted by molar-refractivity contribution is 14.0. The summed E-state index contributed by atoms with van der Waals surface area (Å²) < 4.78 is 10.7. The molecule has 1 fully saturated rings. The maximum atomic E-state index is 11.8. The van der Waals surface area contributed by atoms with Gasteiger partial charge in [0.15, 0.2) is 11.8 Å². The number of ether oxygens (including phenoxy) is 1. The van der Waals surface area contributed by atoms with Gasteiger partial charge in [-0.25, -0.2) is 4.99 Å². The quantitative estimate of drug-likeness (QED) is 0.323. The number of guanidine groups is 1. The average Bonchev–Trinajstić information content (AvgIpc) is 3.29. The molecule has 1 saturated heterocycles. The molecule has 0 radical (unpaired) electrons. The molecule has 1 aliphatic heterocycles. The van der Waals surface area contributed by atoms with Crippen LogP contribution in [0.2, 0.25) is 0 Å². The molecule has 154 valence electrons. The van der Waals surface area contributed by atoms with Crippen LogP contribution in [0.25, 0.3) is 0 Å². The molecule has 2 heterocycles. The van der Waals surface area contributed by atoms with E-state index in [0.29, 0.717) is 37.2 Å². The standard InChI is InChI=1S/C17H30N6O3.HI/c1-5-15(24)23-9-8-13(11-23)20-17(18-6-2)19-10-14-21-16(22-26-14)12(4)25-7-3;/h12-13H,5-11H2,1-4H3,(H2,18,19,20);1H. The molecule has 2 rings (SSSR count). The Kier molecular flexibility index (Phi) is 10.6. The summed E-state index contributed by atoms with van der Waals surface area (Å²) in [6, 6.07) is 0.194. The molecule has 0 spiro atoms. The number of nitrogens with zero attached hydrogens (tertiary/aromatic N) is 4. The maximum Gasteiger partial charge on any atom is 0.248 e. The highest BCUT2D eigenvalue weighted by Crippen LogP contribution is 2.13. The lowest BCUT2D eigenvalue weighted by molar-refractivity contribution is -0.129. The van der Waals surface area contributed by atoms with Gasteiger partial charge in [-0.3, -0.25) is 4.79 Å². The Morgan fingerprint density at radius 3 is 2.89 bits per heavy atom. The van der Waals surface area contributed by atoms with Crippen LogP contribution in [0.15, 0.2) is 9.52 Å². The number of hydrogen-bond acceptors (Lipinski definition) is 6. The van der Waals surface area contributed by atoms with Crippen LogP contribution in [0, 0.1) is 0 Å². The first-order valence-corrected chi connectivity index (χ1v) is 9.34. The van der Waals surface area contributed by atoms with E-state index in [1.165, 1.54) is 0 Å². The molecule has 1 amide bonds. The summed E-state index contributed by atoms with van der Waals surface area (Å²) in [4.78, 5) is 22.5. The number of hydrogen-bond donors (Lipinski definition) is 2. The minimum Gasteiger partial charge on any atom is -0.371 e. The van der Waals surface area contributed by atoms with Crippen LogP contribution in [0.1, 0.15) is 58.4 Å². The van der Waals surface area contributed by atoms with Gasteiger partial charge in [0.2, 0.25) is 11.8 Å². The molecule has 9 nitrogen and oxygen atoms in total. The average molecular weight is 494 g/mol. The Labute approximate surface area is 177 Å². The minimum atomic E-state index is -0.201. The Hall–Kier alpha value is -1.43. The van der Waals surface area contributed by atoms with E-state index < -0.39 is 0 Å². The van der Waals surface area contributed by atoms with Crippen LogP contribution in [-0.2, 0) is 16.1 Å². The van der Waals surface area contributed by atoms with Crippen LogP contribution in [-0.4, -0.2) is 59.2 Å². The van der Waals surface area contributed by atoms with Gasteiger partial charge in [-0.05, 0) is 27.2 Å². The Morgan fingerprint density at radius 1 is 1.44 bits per heavy atom. The van der Waals surface area contributed by atoms with Crippen molar-refractivity contribution in [3.63, 3.8) is 0 Å². The largest absolute Gasteiger partial charge is 0.371 e. The van der Waals surface area contributed by atoms with Gasteiger partial charge in [0.1, 0.15) is 12.6 Å². The third kappa shape index (κ3) is 7.24. The first-order chi connectivity index (χ1) is 12.6. The summed E-state index contributed by atoms with van der Waals surface area (Å²) in [5.41, 5.74) is 0. The summed E-state index contributed by atoms with van der Waals surface area (Å²) >= 11 is 0. The van der Waals surface area contributed by atoms with Crippen LogP contribution < -0.4 is 10.6 Å². The molecule has 0 aromatic carbocycles. The Bertz CT molecular complexity index is 609. The van der Waals surface area contributed by atoms with Gasteiger partial charge in [0, 0.05) is 38.7 Å². The van der Waals surface area contributed by atoms with Gasteiger partial charge in [0.25, 0.3) is 0 Å². The van der Waals surface area contributed by atoms with Crippen LogP contribution in [0.3, 0.4) is 0 Å². The van der Waals surface area contributed by atoms with E-state index in [4.69, 9.17) is 9.26 Å². The number of rotatable bonds is 8. The van der Waals surface area contributed by atoms with Gasteiger partial charge in [-0.2, -0.15) is 4.98 Å². The molecule has 0 saturated carbocycles. The van der Waals surface area contributed by atoms with Gasteiger partial charge in [-0.15, -0.1) is 24.0 Å². The molecule has 1 aliphatic rings. The fourth-order valence-electron chi connectivity index (χ4n) is 2.81. The number of halogens is 1. The van der Waals surface area contributed by atoms with Gasteiger partial charge >= 0.3 is 0 Å². The number of carbonyl (C=O) groups is 1. The minimum absolute atomic E-state index is 0. The number of likely N-dealkylation sites (tertiary alicyclic amines) is 1. The van der Waals surface area contributed by atoms with Crippen LogP contribution in [0.5, 0.6) is 0 Å². The number of aliphatic imine (C=N–C) groups is 1. The van der Waals surface area contributed by atoms with Crippen molar-refractivity contribution in [3.05, 3.63) is 11.7 Å². The van der Waals surface area contributed by atoms with Gasteiger partial charge < -0.3 is 24.8 Å². The molecule has 2 atom stereocenters. The van der Waals surface area contributed by atoms with Crippen molar-refractivity contribution in [1.82, 2.24) is 25.7 Å². The molecular weight excluding hydrogens is 463 g/mol. The van der Waals surface area contributed by atoms with Crippen molar-refractivity contribution in [3.8, 4) is 0 Å². The highest BCUT2D eigenvalue weighted by atomic mass is 127. The lowest BCUT2D eigenvalue weighted by Gasteiger charge is -2.18. The van der Waals surface area contributed by atoms with Crippen molar-refractivity contribution in [2.24, 2.45) is 4.99 Å². The lowest BCUT2D eigenvalue weighted by Crippen LogP contribution is -2.45. The third-order valence-corrected chi connectivity index (χ3v) is 4.16. The van der Waals surface area contributed by atoms with E-state index in [-0.39, 0.29) is 48.6 Å². The fourth-order valence-corrected chi connectivity index (χ4v) is 2.81. The van der Waals surface area contributed by atoms with Crippen LogP contribution in [0.4, 0.5) is 0 Å². The molecule has 1 aromatic heterocycles. The SMILES string of the molecule is CCNC(=NCc1nc(C(C)OCC)no1)NC1CCN(C(=O)CC)C1.I. The number of nitrogens with one attached hydrogen (secondary N) is 2. The second-order valence-corrected chi connectivity index (χ2v) is 6.16. The molecule has 0 bridgehead atoms. The van der Waals surface area contributed by atoms with E-state index in [9.17, 15) is 4.79 Å². The van der Waals surface area contributed by atoms with E-state index in [1.807, 2.05) is 32.6 Å². The first kappa shape index (κ1) is 23.6. The maximum absolute atomic E-state index is 11.8. The van der Waals surface area contributed by atoms with E-state index in [1.54, 1.807) is 0 Å². The number of aromatic nitrogens is 2. The lowest BCUT2D eigenvalue weighted by atomic mass is 10.3. The normalized spacial score (nSPS) is 18.1. The molecule has 2 N–H and O–H groups in total. The monoisotopic (exact) mass is 494 g/mol. The van der Waals surface area contributed by atoms with Gasteiger partial charge in [-0.1, -0.05) is 12.1 Å². The summed E-state index contributed by atoms with van der Waals surface area (Å²) in [6.07, 6.45) is 1.25. The second kappa shape index (κ2) is 12.1. The zero-order valence-electron chi connectivity index (χ0n) is 16.5.